The highest BCUT2D eigenvalue weighted by atomic mass is 32.2. The Morgan fingerprint density at radius 2 is 1.90 bits per heavy atom. The van der Waals surface area contributed by atoms with Gasteiger partial charge in [-0.15, -0.1) is 4.72 Å². The molecule has 1 unspecified atom stereocenters. The third kappa shape index (κ3) is 6.02. The monoisotopic (exact) mass is 560 g/mol. The van der Waals surface area contributed by atoms with Crippen molar-refractivity contribution in [2.75, 3.05) is 13.2 Å². The SMILES string of the molecule is C[C@@H](COc1ccc2c(cnn2-c2ccc(F)cc2)c1)N[S+]([O-])c1ccc2c(c1)CN(C(=O)C(F)(F)F)CC2. The molecule has 204 valence electrons. The first-order valence-corrected chi connectivity index (χ1v) is 13.3. The van der Waals surface area contributed by atoms with Crippen LogP contribution in [-0.2, 0) is 29.1 Å². The van der Waals surface area contributed by atoms with Crippen LogP contribution in [0, 0.1) is 5.82 Å². The van der Waals surface area contributed by atoms with Crippen molar-refractivity contribution in [2.24, 2.45) is 0 Å². The summed E-state index contributed by atoms with van der Waals surface area (Å²) in [4.78, 5) is 12.8. The largest absolute Gasteiger partial charge is 0.593 e. The molecule has 3 aromatic carbocycles. The lowest BCUT2D eigenvalue weighted by Gasteiger charge is -2.29. The topological polar surface area (TPSA) is 82.4 Å². The van der Waals surface area contributed by atoms with Gasteiger partial charge in [-0.05, 0) is 73.0 Å². The smallest absolute Gasteiger partial charge is 0.471 e. The molecule has 0 bridgehead atoms. The fourth-order valence-electron chi connectivity index (χ4n) is 4.40. The van der Waals surface area contributed by atoms with Crippen LogP contribution in [0.4, 0.5) is 17.6 Å². The average molecular weight is 561 g/mol. The van der Waals surface area contributed by atoms with E-state index in [4.69, 9.17) is 4.74 Å². The van der Waals surface area contributed by atoms with Crippen molar-refractivity contribution in [3.8, 4) is 11.4 Å². The Bertz CT molecular complexity index is 1490. The zero-order chi connectivity index (χ0) is 27.7. The number of hydrogen-bond acceptors (Lipinski definition) is 5. The number of amides is 1. The predicted octanol–water partition coefficient (Wildman–Crippen LogP) is 4.69. The van der Waals surface area contributed by atoms with Gasteiger partial charge in [0.05, 0.1) is 34.8 Å². The summed E-state index contributed by atoms with van der Waals surface area (Å²) in [7, 11) is 0. The lowest BCUT2D eigenvalue weighted by Crippen LogP contribution is -2.43. The van der Waals surface area contributed by atoms with Gasteiger partial charge in [-0.25, -0.2) is 9.07 Å². The van der Waals surface area contributed by atoms with E-state index >= 15 is 0 Å². The summed E-state index contributed by atoms with van der Waals surface area (Å²) >= 11 is -1.65. The van der Waals surface area contributed by atoms with Crippen LogP contribution in [0.1, 0.15) is 18.1 Å². The van der Waals surface area contributed by atoms with Crippen LogP contribution in [0.5, 0.6) is 5.75 Å². The molecule has 1 amide bonds. The van der Waals surface area contributed by atoms with Crippen molar-refractivity contribution < 1.29 is 31.6 Å². The molecule has 0 radical (unpaired) electrons. The number of carbonyl (C=O) groups excluding carboxylic acids is 1. The highest BCUT2D eigenvalue weighted by Gasteiger charge is 2.43. The fraction of sp³-hybridized carbons (Fsp3) is 0.259. The molecule has 0 saturated heterocycles. The Balaban J connectivity index is 1.19. The van der Waals surface area contributed by atoms with Crippen molar-refractivity contribution in [1.29, 1.82) is 0 Å². The number of fused-ring (bicyclic) bond motifs is 2. The minimum Gasteiger partial charge on any atom is -0.593 e. The maximum atomic E-state index is 13.2. The summed E-state index contributed by atoms with van der Waals surface area (Å²) in [6.45, 7) is 1.80. The zero-order valence-corrected chi connectivity index (χ0v) is 21.6. The number of benzene rings is 3. The van der Waals surface area contributed by atoms with E-state index in [1.54, 1.807) is 54.2 Å². The molecule has 4 aromatic rings. The number of rotatable bonds is 7. The van der Waals surface area contributed by atoms with Crippen LogP contribution < -0.4 is 9.46 Å². The maximum absolute atomic E-state index is 13.2. The molecule has 7 nitrogen and oxygen atoms in total. The number of hydrogen-bond donors (Lipinski definition) is 1. The molecule has 1 aromatic heterocycles. The molecule has 1 N–H and O–H groups in total. The molecule has 1 aliphatic rings. The molecule has 0 saturated carbocycles. The zero-order valence-electron chi connectivity index (χ0n) is 20.7. The number of halogens is 4. The molecule has 0 aliphatic carbocycles. The van der Waals surface area contributed by atoms with Gasteiger partial charge in [-0.2, -0.15) is 18.3 Å². The first kappa shape index (κ1) is 27.0. The summed E-state index contributed by atoms with van der Waals surface area (Å²) in [5.74, 6) is -1.61. The Labute approximate surface area is 224 Å². The van der Waals surface area contributed by atoms with E-state index in [0.717, 1.165) is 27.1 Å². The first-order valence-electron chi connectivity index (χ1n) is 12.1. The molecular formula is C27H24F4N4O3S. The second-order valence-corrected chi connectivity index (χ2v) is 10.5. The predicted molar refractivity (Wildman–Crippen MR) is 137 cm³/mol. The lowest BCUT2D eigenvalue weighted by molar-refractivity contribution is -0.186. The highest BCUT2D eigenvalue weighted by molar-refractivity contribution is 7.89. The fourth-order valence-corrected chi connectivity index (χ4v) is 5.41. The van der Waals surface area contributed by atoms with Gasteiger partial charge in [0.25, 0.3) is 0 Å². The lowest BCUT2D eigenvalue weighted by atomic mass is 10.00. The quantitative estimate of drug-likeness (QED) is 0.262. The second-order valence-electron chi connectivity index (χ2n) is 9.26. The van der Waals surface area contributed by atoms with Gasteiger partial charge >= 0.3 is 12.1 Å². The molecule has 12 heteroatoms. The van der Waals surface area contributed by atoms with Crippen LogP contribution >= 0.6 is 0 Å². The van der Waals surface area contributed by atoms with Crippen LogP contribution in [0.15, 0.2) is 71.8 Å². The Morgan fingerprint density at radius 1 is 1.13 bits per heavy atom. The summed E-state index contributed by atoms with van der Waals surface area (Å²) < 4.78 is 75.2. The van der Waals surface area contributed by atoms with E-state index in [1.807, 2.05) is 12.1 Å². The van der Waals surface area contributed by atoms with E-state index in [2.05, 4.69) is 9.82 Å². The van der Waals surface area contributed by atoms with E-state index in [0.29, 0.717) is 22.6 Å². The standard InChI is InChI=1S/C27H24F4N4O3S/c1-17(16-38-23-7-9-25-19(12-23)14-32-35(25)22-5-3-21(28)4-6-22)33-39(37)24-8-2-18-10-11-34(15-20(18)13-24)26(36)27(29,30)31/h2-9,12-14,17,33H,10-11,15-16H2,1H3/t17-,39?/m0/s1. The van der Waals surface area contributed by atoms with Crippen molar-refractivity contribution in [1.82, 2.24) is 19.4 Å². The molecule has 0 spiro atoms. The molecule has 2 heterocycles. The molecule has 1 aliphatic heterocycles. The summed E-state index contributed by atoms with van der Waals surface area (Å²) in [5, 5.41) is 5.20. The number of carbonyl (C=O) groups is 1. The van der Waals surface area contributed by atoms with Gasteiger partial charge in [0.2, 0.25) is 0 Å². The van der Waals surface area contributed by atoms with E-state index < -0.39 is 23.4 Å². The van der Waals surface area contributed by atoms with Crippen molar-refractivity contribution >= 4 is 28.2 Å². The van der Waals surface area contributed by atoms with Gasteiger partial charge in [0.1, 0.15) is 18.2 Å². The minimum atomic E-state index is -4.93. The van der Waals surface area contributed by atoms with Gasteiger partial charge in [0, 0.05) is 24.5 Å². The summed E-state index contributed by atoms with van der Waals surface area (Å²) in [6, 6.07) is 16.1. The number of nitrogens with zero attached hydrogens (tertiary/aromatic N) is 3. The Morgan fingerprint density at radius 3 is 2.64 bits per heavy atom. The third-order valence-electron chi connectivity index (χ3n) is 6.35. The summed E-state index contributed by atoms with van der Waals surface area (Å²) in [6.07, 6.45) is -2.95. The average Bonchev–Trinajstić information content (AvgIpc) is 3.34. The number of nitrogens with one attached hydrogen (secondary N) is 1. The number of aromatic nitrogens is 2. The van der Waals surface area contributed by atoms with Crippen LogP contribution in [0.2, 0.25) is 0 Å². The molecule has 2 atom stereocenters. The van der Waals surface area contributed by atoms with Crippen molar-refractivity contribution in [2.45, 2.75) is 37.0 Å². The third-order valence-corrected chi connectivity index (χ3v) is 7.65. The Kier molecular flexibility index (Phi) is 7.52. The highest BCUT2D eigenvalue weighted by Crippen LogP contribution is 2.27. The normalized spacial score (nSPS) is 15.2. The van der Waals surface area contributed by atoms with Gasteiger partial charge in [-0.3, -0.25) is 4.79 Å². The first-order chi connectivity index (χ1) is 18.6. The number of ether oxygens (including phenoxy) is 1. The summed E-state index contributed by atoms with van der Waals surface area (Å²) in [5.41, 5.74) is 2.92. The minimum absolute atomic E-state index is 0.0147. The molecule has 39 heavy (non-hydrogen) atoms. The molecule has 5 rings (SSSR count). The van der Waals surface area contributed by atoms with Crippen LogP contribution in [-0.4, -0.2) is 50.5 Å². The second kappa shape index (κ2) is 10.9. The van der Waals surface area contributed by atoms with Crippen LogP contribution in [0.25, 0.3) is 16.6 Å². The molecule has 0 fully saturated rings. The number of alkyl halides is 3. The van der Waals surface area contributed by atoms with Gasteiger partial charge in [-0.1, -0.05) is 6.07 Å². The van der Waals surface area contributed by atoms with E-state index in [-0.39, 0.29) is 31.6 Å². The van der Waals surface area contributed by atoms with Gasteiger partial charge in [0.15, 0.2) is 4.90 Å². The molecular weight excluding hydrogens is 536 g/mol. The van der Waals surface area contributed by atoms with Crippen LogP contribution in [0.3, 0.4) is 0 Å². The Hall–Kier alpha value is -3.61. The maximum Gasteiger partial charge on any atom is 0.471 e. The van der Waals surface area contributed by atoms with Crippen molar-refractivity contribution in [3.63, 3.8) is 0 Å². The van der Waals surface area contributed by atoms with Crippen molar-refractivity contribution in [3.05, 3.63) is 83.8 Å². The van der Waals surface area contributed by atoms with E-state index in [1.165, 1.54) is 12.1 Å². The van der Waals surface area contributed by atoms with E-state index in [9.17, 15) is 26.9 Å². The van der Waals surface area contributed by atoms with Gasteiger partial charge < -0.3 is 14.2 Å².